The average Bonchev–Trinajstić information content (AvgIpc) is 2.51. The van der Waals surface area contributed by atoms with Crippen molar-refractivity contribution in [1.82, 2.24) is 5.16 Å². The maximum Gasteiger partial charge on any atom is 0.196 e. The molecule has 0 spiro atoms. The molecule has 0 aliphatic heterocycles. The zero-order valence-corrected chi connectivity index (χ0v) is 7.69. The lowest BCUT2D eigenvalue weighted by atomic mass is 10.5. The fourth-order valence-corrected chi connectivity index (χ4v) is 0.668. The second kappa shape index (κ2) is 4.39. The highest BCUT2D eigenvalue weighted by Gasteiger charge is 1.94. The number of nitrogens with two attached hydrogens (primary N) is 1. The topological polar surface area (TPSA) is 76.8 Å². The van der Waals surface area contributed by atoms with Crippen molar-refractivity contribution in [3.8, 4) is 0 Å². The molecule has 70 valence electrons. The average molecular weight is 180 g/mol. The van der Waals surface area contributed by atoms with Gasteiger partial charge in [-0.2, -0.15) is 0 Å². The first kappa shape index (κ1) is 9.44. The lowest BCUT2D eigenvalue weighted by Gasteiger charge is -1.87. The van der Waals surface area contributed by atoms with Crippen LogP contribution in [0.15, 0.2) is 20.6 Å². The first-order chi connectivity index (χ1) is 6.22. The number of hydrogen-bond acceptors (Lipinski definition) is 3. The molecule has 0 radical (unpaired) electrons. The summed E-state index contributed by atoms with van der Waals surface area (Å²) >= 11 is 0. The quantitative estimate of drug-likeness (QED) is 0.564. The molecule has 5 nitrogen and oxygen atoms in total. The lowest BCUT2D eigenvalue weighted by Crippen LogP contribution is -2.09. The molecule has 1 rings (SSSR count). The van der Waals surface area contributed by atoms with E-state index < -0.39 is 0 Å². The molecule has 0 unspecified atom stereocenters. The molecule has 5 heteroatoms. The highest BCUT2D eigenvalue weighted by molar-refractivity contribution is 5.87. The molecule has 1 heterocycles. The Morgan fingerprint density at radius 2 is 2.54 bits per heavy atom. The van der Waals surface area contributed by atoms with Gasteiger partial charge in [0.25, 0.3) is 0 Å². The van der Waals surface area contributed by atoms with Gasteiger partial charge in [0.2, 0.25) is 0 Å². The van der Waals surface area contributed by atoms with Gasteiger partial charge in [0.05, 0.1) is 0 Å². The molecule has 0 bridgehead atoms. The summed E-state index contributed by atoms with van der Waals surface area (Å²) in [4.78, 5) is 7.79. The van der Waals surface area contributed by atoms with E-state index in [0.717, 1.165) is 5.76 Å². The Labute approximate surface area is 76.4 Å². The minimum absolute atomic E-state index is 0.505. The molecule has 0 saturated heterocycles. The van der Waals surface area contributed by atoms with Crippen LogP contribution in [0.1, 0.15) is 19.1 Å². The molecule has 0 amide bonds. The molecule has 2 N–H and O–H groups in total. The van der Waals surface area contributed by atoms with Crippen molar-refractivity contribution in [1.29, 1.82) is 0 Å². The summed E-state index contributed by atoms with van der Waals surface area (Å²) in [5.41, 5.74) is 5.46. The van der Waals surface area contributed by atoms with Crippen molar-refractivity contribution in [2.24, 2.45) is 15.7 Å². The predicted octanol–water partition coefficient (Wildman–Crippen LogP) is 1.41. The van der Waals surface area contributed by atoms with Gasteiger partial charge in [0.1, 0.15) is 17.9 Å². The number of rotatable bonds is 3. The van der Waals surface area contributed by atoms with E-state index in [1.54, 1.807) is 13.0 Å². The monoisotopic (exact) mass is 180 g/mol. The second-order valence-corrected chi connectivity index (χ2v) is 2.51. The molecule has 0 saturated carbocycles. The molecule has 1 aromatic rings. The fourth-order valence-electron chi connectivity index (χ4n) is 0.668. The second-order valence-electron chi connectivity index (χ2n) is 2.51. The number of amidine groups is 1. The van der Waals surface area contributed by atoms with Crippen molar-refractivity contribution in [2.75, 3.05) is 0 Å². The van der Waals surface area contributed by atoms with Gasteiger partial charge in [-0.1, -0.05) is 12.1 Å². The van der Waals surface area contributed by atoms with E-state index in [0.29, 0.717) is 18.1 Å². The Morgan fingerprint density at radius 3 is 3.08 bits per heavy atom. The first-order valence-electron chi connectivity index (χ1n) is 4.00. The van der Waals surface area contributed by atoms with Crippen LogP contribution in [0.2, 0.25) is 0 Å². The Morgan fingerprint density at radius 1 is 1.77 bits per heavy atom. The van der Waals surface area contributed by atoms with Gasteiger partial charge in [-0.05, 0) is 6.92 Å². The van der Waals surface area contributed by atoms with Crippen molar-refractivity contribution in [3.05, 3.63) is 11.8 Å². The molecule has 0 aliphatic rings. The van der Waals surface area contributed by atoms with Crippen LogP contribution in [-0.2, 0) is 0 Å². The summed E-state index contributed by atoms with van der Waals surface area (Å²) in [5.74, 6) is 1.77. The Kier molecular flexibility index (Phi) is 3.19. The molecule has 0 aliphatic carbocycles. The number of nitrogens with zero attached hydrogens (tertiary/aromatic N) is 3. The smallest absolute Gasteiger partial charge is 0.196 e. The zero-order chi connectivity index (χ0) is 9.68. The highest BCUT2D eigenvalue weighted by Crippen LogP contribution is 2.09. The Balaban J connectivity index is 2.59. The third-order valence-corrected chi connectivity index (χ3v) is 1.39. The normalized spacial score (nSPS) is 12.6. The highest BCUT2D eigenvalue weighted by atomic mass is 16.5. The minimum Gasteiger partial charge on any atom is -0.387 e. The molecule has 1 aromatic heterocycles. The van der Waals surface area contributed by atoms with Crippen LogP contribution in [0, 0.1) is 6.92 Å². The van der Waals surface area contributed by atoms with Crippen molar-refractivity contribution in [2.45, 2.75) is 20.3 Å². The third kappa shape index (κ3) is 3.06. The third-order valence-electron chi connectivity index (χ3n) is 1.39. The van der Waals surface area contributed by atoms with E-state index in [2.05, 4.69) is 15.1 Å². The van der Waals surface area contributed by atoms with Gasteiger partial charge in [-0.3, -0.25) is 0 Å². The van der Waals surface area contributed by atoms with E-state index in [-0.39, 0.29) is 0 Å². The van der Waals surface area contributed by atoms with Crippen molar-refractivity contribution < 1.29 is 4.52 Å². The Hall–Kier alpha value is -1.65. The summed E-state index contributed by atoms with van der Waals surface area (Å²) in [7, 11) is 0. The fraction of sp³-hybridized carbons (Fsp3) is 0.375. The van der Waals surface area contributed by atoms with Gasteiger partial charge < -0.3 is 10.3 Å². The van der Waals surface area contributed by atoms with E-state index in [1.165, 1.54) is 6.34 Å². The van der Waals surface area contributed by atoms with Crippen LogP contribution < -0.4 is 5.73 Å². The van der Waals surface area contributed by atoms with Crippen molar-refractivity contribution in [3.63, 3.8) is 0 Å². The van der Waals surface area contributed by atoms with Gasteiger partial charge in [0.15, 0.2) is 5.82 Å². The number of hydrogen-bond donors (Lipinski definition) is 1. The lowest BCUT2D eigenvalue weighted by molar-refractivity contribution is 0.399. The van der Waals surface area contributed by atoms with E-state index in [9.17, 15) is 0 Å². The van der Waals surface area contributed by atoms with E-state index in [1.807, 2.05) is 6.92 Å². The maximum atomic E-state index is 5.46. The number of aliphatic imine (C=N–C) groups is 2. The summed E-state index contributed by atoms with van der Waals surface area (Å²) in [6.45, 7) is 3.72. The first-order valence-corrected chi connectivity index (χ1v) is 4.00. The van der Waals surface area contributed by atoms with Crippen LogP contribution in [0.4, 0.5) is 5.82 Å². The van der Waals surface area contributed by atoms with Crippen LogP contribution in [0.25, 0.3) is 0 Å². The van der Waals surface area contributed by atoms with Crippen LogP contribution >= 0.6 is 0 Å². The van der Waals surface area contributed by atoms with E-state index >= 15 is 0 Å². The minimum atomic E-state index is 0.505. The molecule has 0 fully saturated rings. The zero-order valence-electron chi connectivity index (χ0n) is 7.69. The Bertz CT molecular complexity index is 327. The SMILES string of the molecule is CCC(N)=NC=Nc1cc(C)on1. The van der Waals surface area contributed by atoms with Crippen molar-refractivity contribution >= 4 is 18.0 Å². The molecular formula is C8H12N4O. The standard InChI is InChI=1S/C8H12N4O/c1-3-7(9)10-5-11-8-4-6(2)13-12-8/h4-5H,3H2,1-2H3,(H2,9,10,11,12). The van der Waals surface area contributed by atoms with Crippen LogP contribution in [0.5, 0.6) is 0 Å². The molecule has 0 aromatic carbocycles. The summed E-state index contributed by atoms with van der Waals surface area (Å²) < 4.78 is 4.80. The summed E-state index contributed by atoms with van der Waals surface area (Å²) in [6.07, 6.45) is 2.08. The van der Waals surface area contributed by atoms with Gasteiger partial charge in [-0.15, -0.1) is 0 Å². The summed E-state index contributed by atoms with van der Waals surface area (Å²) in [5, 5.41) is 3.66. The molecule has 0 atom stereocenters. The maximum absolute atomic E-state index is 5.46. The van der Waals surface area contributed by atoms with Crippen LogP contribution in [-0.4, -0.2) is 17.3 Å². The summed E-state index contributed by atoms with van der Waals surface area (Å²) in [6, 6.07) is 1.72. The van der Waals surface area contributed by atoms with Gasteiger partial charge in [0, 0.05) is 12.5 Å². The molecular weight excluding hydrogens is 168 g/mol. The number of aryl methyl sites for hydroxylation is 1. The predicted molar refractivity (Wildman–Crippen MR) is 51.3 cm³/mol. The number of aromatic nitrogens is 1. The van der Waals surface area contributed by atoms with Gasteiger partial charge >= 0.3 is 0 Å². The van der Waals surface area contributed by atoms with E-state index in [4.69, 9.17) is 10.3 Å². The largest absolute Gasteiger partial charge is 0.387 e. The molecule has 13 heavy (non-hydrogen) atoms. The van der Waals surface area contributed by atoms with Crippen LogP contribution in [0.3, 0.4) is 0 Å². The van der Waals surface area contributed by atoms with Gasteiger partial charge in [-0.25, -0.2) is 9.98 Å².